The molecule has 3 rings (SSSR count). The Morgan fingerprint density at radius 3 is 2.68 bits per heavy atom. The average Bonchev–Trinajstić information content (AvgIpc) is 3.09. The molecule has 1 fully saturated rings. The quantitative estimate of drug-likeness (QED) is 0.769. The van der Waals surface area contributed by atoms with Crippen LogP contribution in [0.15, 0.2) is 41.1 Å². The Hall–Kier alpha value is -2.39. The van der Waals surface area contributed by atoms with Gasteiger partial charge in [-0.05, 0) is 7.05 Å². The first-order valence-corrected chi connectivity index (χ1v) is 8.95. The van der Waals surface area contributed by atoms with E-state index in [1.54, 1.807) is 35.3 Å². The van der Waals surface area contributed by atoms with Gasteiger partial charge in [-0.2, -0.15) is 5.01 Å². The second-order valence-corrected chi connectivity index (χ2v) is 6.68. The zero-order valence-electron chi connectivity index (χ0n) is 13.9. The number of hydrogen-bond donors (Lipinski definition) is 1. The van der Waals surface area contributed by atoms with E-state index >= 15 is 0 Å². The highest BCUT2D eigenvalue weighted by molar-refractivity contribution is 8.14. The molecule has 0 spiro atoms. The lowest BCUT2D eigenvalue weighted by molar-refractivity contribution is -0.759. The molecule has 1 saturated heterocycles. The third-order valence-corrected chi connectivity index (χ3v) is 4.74. The minimum Gasteiger partial charge on any atom is -0.302 e. The Morgan fingerprint density at radius 2 is 1.96 bits per heavy atom. The second-order valence-electron chi connectivity index (χ2n) is 5.73. The number of piperazine rings is 1. The molecule has 1 amide bonds. The van der Waals surface area contributed by atoms with Gasteiger partial charge in [-0.15, -0.1) is 0 Å². The topological polar surface area (TPSA) is 82.6 Å². The third-order valence-electron chi connectivity index (χ3n) is 3.83. The Labute approximate surface area is 149 Å². The van der Waals surface area contributed by atoms with E-state index in [4.69, 9.17) is 4.52 Å². The van der Waals surface area contributed by atoms with Crippen molar-refractivity contribution >= 4 is 28.7 Å². The molecule has 0 saturated carbocycles. The summed E-state index contributed by atoms with van der Waals surface area (Å²) in [6.07, 6.45) is 1.63. The number of nitrogens with one attached hydrogen (secondary N) is 1. The fraction of sp³-hybridized carbons (Fsp3) is 0.375. The Morgan fingerprint density at radius 1 is 1.24 bits per heavy atom. The fourth-order valence-corrected chi connectivity index (χ4v) is 3.03. The van der Waals surface area contributed by atoms with Gasteiger partial charge in [0.1, 0.15) is 0 Å². The molecular weight excluding hydrogens is 342 g/mol. The van der Waals surface area contributed by atoms with Crippen LogP contribution < -0.4 is 15.1 Å². The molecule has 2 heterocycles. The van der Waals surface area contributed by atoms with Crippen LogP contribution in [0.1, 0.15) is 10.4 Å². The van der Waals surface area contributed by atoms with Crippen molar-refractivity contribution in [3.63, 3.8) is 0 Å². The number of amides is 1. The van der Waals surface area contributed by atoms with Crippen molar-refractivity contribution in [3.8, 4) is 0 Å². The van der Waals surface area contributed by atoms with E-state index in [1.165, 1.54) is 0 Å². The molecule has 0 radical (unpaired) electrons. The maximum Gasteiger partial charge on any atom is 0.305 e. The fourth-order valence-electron chi connectivity index (χ4n) is 2.39. The summed E-state index contributed by atoms with van der Waals surface area (Å²) in [7, 11) is 2.07. The van der Waals surface area contributed by atoms with E-state index in [-0.39, 0.29) is 22.7 Å². The first-order valence-electron chi connectivity index (χ1n) is 7.96. The number of hydrogen-bond acceptors (Lipinski definition) is 7. The van der Waals surface area contributed by atoms with Gasteiger partial charge in [-0.3, -0.25) is 19.4 Å². The van der Waals surface area contributed by atoms with Gasteiger partial charge >= 0.3 is 5.88 Å². The Balaban J connectivity index is 1.48. The van der Waals surface area contributed by atoms with Crippen LogP contribution in [0.5, 0.6) is 0 Å². The minimum absolute atomic E-state index is 0.0168. The lowest BCUT2D eigenvalue weighted by atomic mass is 10.2. The zero-order chi connectivity index (χ0) is 17.6. The lowest BCUT2D eigenvalue weighted by Gasteiger charge is -2.26. The van der Waals surface area contributed by atoms with E-state index in [9.17, 15) is 9.59 Å². The molecule has 25 heavy (non-hydrogen) atoms. The van der Waals surface area contributed by atoms with E-state index in [1.807, 2.05) is 11.1 Å². The maximum atomic E-state index is 12.0. The molecule has 9 heteroatoms. The van der Waals surface area contributed by atoms with E-state index in [2.05, 4.69) is 22.5 Å². The van der Waals surface area contributed by atoms with Crippen molar-refractivity contribution < 1.29 is 18.9 Å². The zero-order valence-corrected chi connectivity index (χ0v) is 14.7. The van der Waals surface area contributed by atoms with E-state index in [0.29, 0.717) is 5.56 Å². The first-order chi connectivity index (χ1) is 12.1. The van der Waals surface area contributed by atoms with Gasteiger partial charge in [0.2, 0.25) is 16.3 Å². The number of carbonyl (C=O) groups is 2. The van der Waals surface area contributed by atoms with Crippen LogP contribution in [0.4, 0.5) is 5.88 Å². The monoisotopic (exact) mass is 362 g/mol. The molecule has 1 N–H and O–H groups in total. The van der Waals surface area contributed by atoms with Crippen LogP contribution in [0.3, 0.4) is 0 Å². The summed E-state index contributed by atoms with van der Waals surface area (Å²) in [5, 5.41) is 8.44. The van der Waals surface area contributed by atoms with Gasteiger partial charge < -0.3 is 4.90 Å². The summed E-state index contributed by atoms with van der Waals surface area (Å²) in [5.74, 6) is -0.0317. The van der Waals surface area contributed by atoms with E-state index in [0.717, 1.165) is 37.9 Å². The van der Waals surface area contributed by atoms with Crippen LogP contribution in [0.25, 0.3) is 0 Å². The molecular formula is C16H20N5O3S+. The molecule has 0 atom stereocenters. The summed E-state index contributed by atoms with van der Waals surface area (Å²) in [5.41, 5.74) is 0.577. The van der Waals surface area contributed by atoms with Gasteiger partial charge in [-0.1, -0.05) is 42.1 Å². The van der Waals surface area contributed by atoms with Gasteiger partial charge in [0, 0.05) is 18.7 Å². The van der Waals surface area contributed by atoms with Crippen LogP contribution in [0, 0.1) is 0 Å². The number of benzene rings is 1. The number of aromatic nitrogens is 2. The van der Waals surface area contributed by atoms with Crippen molar-refractivity contribution in [3.05, 3.63) is 42.1 Å². The summed E-state index contributed by atoms with van der Waals surface area (Å²) in [6.45, 7) is 3.56. The minimum atomic E-state index is -0.309. The van der Waals surface area contributed by atoms with Crippen molar-refractivity contribution in [2.45, 2.75) is 0 Å². The predicted octanol–water partition coefficient (Wildman–Crippen LogP) is 0.358. The summed E-state index contributed by atoms with van der Waals surface area (Å²) in [6, 6.07) is 8.87. The SMILES string of the molecule is CN1CCN([n+]2cc(NC(=O)CSC(=O)c3ccccc3)on2)CC1. The Kier molecular flexibility index (Phi) is 5.67. The van der Waals surface area contributed by atoms with Crippen molar-refractivity contribution in [1.82, 2.24) is 10.2 Å². The maximum absolute atomic E-state index is 12.0. The standard InChI is InChI=1S/C16H19N5O3S/c1-19-7-9-20(10-8-19)21-11-15(24-18-21)17-14(22)12-25-16(23)13-5-3-2-4-6-13/h2-6,11H,7-10,12H2,1H3/p+1. The third kappa shape index (κ3) is 4.80. The van der Waals surface area contributed by atoms with Gasteiger partial charge in [0.05, 0.1) is 23.6 Å². The van der Waals surface area contributed by atoms with E-state index < -0.39 is 0 Å². The first kappa shape index (κ1) is 17.4. The number of anilines is 1. The van der Waals surface area contributed by atoms with Crippen LogP contribution in [0.2, 0.25) is 0 Å². The summed E-state index contributed by atoms with van der Waals surface area (Å²) >= 11 is 0.956. The highest BCUT2D eigenvalue weighted by Crippen LogP contribution is 2.12. The Bertz CT molecular complexity index is 728. The predicted molar refractivity (Wildman–Crippen MR) is 94.0 cm³/mol. The van der Waals surface area contributed by atoms with Gasteiger partial charge in [0.15, 0.2) is 0 Å². The van der Waals surface area contributed by atoms with Gasteiger partial charge in [-0.25, -0.2) is 0 Å². The summed E-state index contributed by atoms with van der Waals surface area (Å²) in [4.78, 5) is 27.8. The lowest BCUT2D eigenvalue weighted by Crippen LogP contribution is -2.64. The molecule has 0 aliphatic carbocycles. The highest BCUT2D eigenvalue weighted by Gasteiger charge is 2.25. The normalized spacial score (nSPS) is 15.2. The molecule has 1 aliphatic heterocycles. The van der Waals surface area contributed by atoms with Crippen molar-refractivity contribution in [1.29, 1.82) is 0 Å². The largest absolute Gasteiger partial charge is 0.305 e. The number of likely N-dealkylation sites (N-methyl/N-ethyl adjacent to an activating group) is 1. The van der Waals surface area contributed by atoms with Crippen molar-refractivity contribution in [2.75, 3.05) is 49.3 Å². The molecule has 132 valence electrons. The summed E-state index contributed by atoms with van der Waals surface area (Å²) < 4.78 is 5.14. The molecule has 0 unspecified atom stereocenters. The number of nitrogens with zero attached hydrogens (tertiary/aromatic N) is 4. The van der Waals surface area contributed by atoms with Crippen molar-refractivity contribution in [2.24, 2.45) is 0 Å². The molecule has 1 aromatic carbocycles. The highest BCUT2D eigenvalue weighted by atomic mass is 32.2. The molecule has 8 nitrogen and oxygen atoms in total. The van der Waals surface area contributed by atoms with Gasteiger partial charge in [0.25, 0.3) is 6.20 Å². The average molecular weight is 362 g/mol. The molecule has 1 aliphatic rings. The number of thioether (sulfide) groups is 1. The smallest absolute Gasteiger partial charge is 0.302 e. The number of carbonyl (C=O) groups excluding carboxylic acids is 2. The van der Waals surface area contributed by atoms with Crippen LogP contribution in [-0.4, -0.2) is 60.2 Å². The number of rotatable bonds is 5. The molecule has 2 aromatic rings. The van der Waals surface area contributed by atoms with Crippen LogP contribution >= 0.6 is 11.8 Å². The second kappa shape index (κ2) is 8.13. The van der Waals surface area contributed by atoms with Crippen LogP contribution in [-0.2, 0) is 4.79 Å². The molecule has 1 aromatic heterocycles. The molecule has 0 bridgehead atoms.